The number of aromatic nitrogens is 1. The summed E-state index contributed by atoms with van der Waals surface area (Å²) in [5, 5.41) is 17.8. The third-order valence-corrected chi connectivity index (χ3v) is 1.55. The molecule has 0 radical (unpaired) electrons. The van der Waals surface area contributed by atoms with E-state index in [1.54, 1.807) is 12.3 Å². The summed E-state index contributed by atoms with van der Waals surface area (Å²) in [6.45, 7) is 0.331. The third kappa shape index (κ3) is 1.41. The van der Waals surface area contributed by atoms with E-state index in [1.165, 1.54) is 4.57 Å². The second-order valence-electron chi connectivity index (χ2n) is 2.33. The van der Waals surface area contributed by atoms with Gasteiger partial charge >= 0.3 is 0 Å². The highest BCUT2D eigenvalue weighted by atomic mass is 16.3. The van der Waals surface area contributed by atoms with Gasteiger partial charge < -0.3 is 9.67 Å². The molecule has 0 aliphatic heterocycles. The molecule has 0 aliphatic rings. The van der Waals surface area contributed by atoms with Gasteiger partial charge in [0.1, 0.15) is 0 Å². The topological polar surface area (TPSA) is 49.0 Å². The number of nitrogens with zero attached hydrogens (tertiary/aromatic N) is 2. The Labute approximate surface area is 70.9 Å². The van der Waals surface area contributed by atoms with Gasteiger partial charge in [0.05, 0.1) is 19.0 Å². The molecule has 1 aromatic heterocycles. The maximum atomic E-state index is 9.41. The van der Waals surface area contributed by atoms with Gasteiger partial charge in [-0.3, -0.25) is 0 Å². The number of aromatic hydroxyl groups is 1. The van der Waals surface area contributed by atoms with Crippen molar-refractivity contribution in [2.75, 3.05) is 0 Å². The van der Waals surface area contributed by atoms with Gasteiger partial charge in [-0.1, -0.05) is 5.92 Å². The second kappa shape index (κ2) is 3.50. The lowest BCUT2D eigenvalue weighted by atomic mass is 10.2. The summed E-state index contributed by atoms with van der Waals surface area (Å²) in [7, 11) is 0. The molecular weight excluding hydrogens is 152 g/mol. The van der Waals surface area contributed by atoms with Crippen molar-refractivity contribution in [1.29, 1.82) is 5.26 Å². The Kier molecular flexibility index (Phi) is 2.40. The van der Waals surface area contributed by atoms with Gasteiger partial charge in [0.2, 0.25) is 0 Å². The molecule has 0 amide bonds. The monoisotopic (exact) mass is 160 g/mol. The summed E-state index contributed by atoms with van der Waals surface area (Å²) in [5.74, 6) is 2.49. The fourth-order valence-electron chi connectivity index (χ4n) is 0.959. The van der Waals surface area contributed by atoms with Crippen molar-refractivity contribution in [3.63, 3.8) is 0 Å². The van der Waals surface area contributed by atoms with Crippen molar-refractivity contribution in [3.05, 3.63) is 17.8 Å². The normalized spacial score (nSPS) is 8.83. The Hall–Kier alpha value is -1.87. The molecule has 1 heterocycles. The third-order valence-electron chi connectivity index (χ3n) is 1.55. The molecule has 0 saturated heterocycles. The molecule has 3 heteroatoms. The molecule has 12 heavy (non-hydrogen) atoms. The zero-order valence-electron chi connectivity index (χ0n) is 6.49. The molecular formula is C9H8N2O. The zero-order chi connectivity index (χ0) is 8.97. The van der Waals surface area contributed by atoms with E-state index in [-0.39, 0.29) is 12.3 Å². The molecule has 0 fully saturated rings. The average Bonchev–Trinajstić information content (AvgIpc) is 2.38. The summed E-state index contributed by atoms with van der Waals surface area (Å²) in [6.07, 6.45) is 6.95. The first-order valence-electron chi connectivity index (χ1n) is 3.47. The molecule has 0 aromatic carbocycles. The minimum atomic E-state index is 0.0921. The first-order valence-corrected chi connectivity index (χ1v) is 3.47. The van der Waals surface area contributed by atoms with Gasteiger partial charge in [-0.15, -0.1) is 6.42 Å². The molecule has 1 N–H and O–H groups in total. The van der Waals surface area contributed by atoms with Crippen LogP contribution in [0.3, 0.4) is 0 Å². The molecule has 0 unspecified atom stereocenters. The van der Waals surface area contributed by atoms with Crippen molar-refractivity contribution in [3.8, 4) is 24.3 Å². The highest BCUT2D eigenvalue weighted by Crippen LogP contribution is 2.18. The zero-order valence-corrected chi connectivity index (χ0v) is 6.49. The van der Waals surface area contributed by atoms with Gasteiger partial charge in [0, 0.05) is 11.8 Å². The van der Waals surface area contributed by atoms with E-state index in [0.29, 0.717) is 12.1 Å². The molecule has 0 aliphatic carbocycles. The van der Waals surface area contributed by atoms with Gasteiger partial charge in [-0.05, 0) is 6.07 Å². The molecule has 0 atom stereocenters. The summed E-state index contributed by atoms with van der Waals surface area (Å²) in [5.41, 5.74) is 0.618. The van der Waals surface area contributed by atoms with Crippen LogP contribution >= 0.6 is 0 Å². The van der Waals surface area contributed by atoms with Crippen molar-refractivity contribution in [2.24, 2.45) is 0 Å². The Balaban J connectivity index is 2.92. The van der Waals surface area contributed by atoms with E-state index in [1.807, 2.05) is 6.07 Å². The lowest BCUT2D eigenvalue weighted by molar-refractivity contribution is 0.422. The largest absolute Gasteiger partial charge is 0.494 e. The number of hydrogen-bond acceptors (Lipinski definition) is 2. The van der Waals surface area contributed by atoms with Crippen LogP contribution in [0.15, 0.2) is 12.3 Å². The quantitative estimate of drug-likeness (QED) is 0.653. The van der Waals surface area contributed by atoms with E-state index in [2.05, 4.69) is 5.92 Å². The van der Waals surface area contributed by atoms with Crippen LogP contribution in [0.2, 0.25) is 0 Å². The molecule has 0 saturated carbocycles. The minimum Gasteiger partial charge on any atom is -0.494 e. The van der Waals surface area contributed by atoms with E-state index in [9.17, 15) is 5.11 Å². The van der Waals surface area contributed by atoms with Crippen molar-refractivity contribution >= 4 is 0 Å². The predicted octanol–water partition coefficient (Wildman–Crippen LogP) is 0.893. The van der Waals surface area contributed by atoms with E-state index in [0.717, 1.165) is 0 Å². The average molecular weight is 160 g/mol. The summed E-state index contributed by atoms with van der Waals surface area (Å²) in [4.78, 5) is 0. The second-order valence-corrected chi connectivity index (χ2v) is 2.33. The van der Waals surface area contributed by atoms with Crippen molar-refractivity contribution in [1.82, 2.24) is 4.57 Å². The maximum absolute atomic E-state index is 9.41. The van der Waals surface area contributed by atoms with E-state index < -0.39 is 0 Å². The highest BCUT2D eigenvalue weighted by molar-refractivity contribution is 5.30. The highest BCUT2D eigenvalue weighted by Gasteiger charge is 2.05. The molecule has 0 bridgehead atoms. The van der Waals surface area contributed by atoms with E-state index in [4.69, 9.17) is 11.7 Å². The standard InChI is InChI=1S/C9H8N2O/c1-2-6-11-7-4-8(3-5-10)9(11)12/h1,4,7,12H,3,6H2. The van der Waals surface area contributed by atoms with Crippen LogP contribution in [-0.2, 0) is 13.0 Å². The fourth-order valence-corrected chi connectivity index (χ4v) is 0.959. The summed E-state index contributed by atoms with van der Waals surface area (Å²) < 4.78 is 1.52. The van der Waals surface area contributed by atoms with Crippen LogP contribution in [0.25, 0.3) is 0 Å². The number of rotatable bonds is 2. The minimum absolute atomic E-state index is 0.0921. The van der Waals surface area contributed by atoms with Crippen molar-refractivity contribution in [2.45, 2.75) is 13.0 Å². The Morgan fingerprint density at radius 3 is 3.00 bits per heavy atom. The Bertz CT molecular complexity index is 318. The number of nitriles is 1. The maximum Gasteiger partial charge on any atom is 0.196 e. The number of hydrogen-bond donors (Lipinski definition) is 1. The fraction of sp³-hybridized carbons (Fsp3) is 0.222. The van der Waals surface area contributed by atoms with Crippen LogP contribution in [0, 0.1) is 23.7 Å². The first-order chi connectivity index (χ1) is 5.79. The smallest absolute Gasteiger partial charge is 0.196 e. The van der Waals surface area contributed by atoms with Gasteiger partial charge in [0.25, 0.3) is 0 Å². The lowest BCUT2D eigenvalue weighted by Gasteiger charge is -1.98. The van der Waals surface area contributed by atoms with E-state index >= 15 is 0 Å². The van der Waals surface area contributed by atoms with Crippen molar-refractivity contribution < 1.29 is 5.11 Å². The Morgan fingerprint density at radius 2 is 2.42 bits per heavy atom. The molecule has 1 aromatic rings. The van der Waals surface area contributed by atoms with Crippen LogP contribution < -0.4 is 0 Å². The molecule has 60 valence electrons. The lowest BCUT2D eigenvalue weighted by Crippen LogP contribution is -1.92. The predicted molar refractivity (Wildman–Crippen MR) is 44.2 cm³/mol. The summed E-state index contributed by atoms with van der Waals surface area (Å²) >= 11 is 0. The summed E-state index contributed by atoms with van der Waals surface area (Å²) in [6, 6.07) is 3.65. The van der Waals surface area contributed by atoms with Crippen LogP contribution in [0.4, 0.5) is 0 Å². The van der Waals surface area contributed by atoms with Gasteiger partial charge in [0.15, 0.2) is 5.88 Å². The molecule has 1 rings (SSSR count). The Morgan fingerprint density at radius 1 is 1.67 bits per heavy atom. The SMILES string of the molecule is C#CCn1ccc(CC#N)c1O. The van der Waals surface area contributed by atoms with Crippen LogP contribution in [-0.4, -0.2) is 9.67 Å². The molecule has 3 nitrogen and oxygen atoms in total. The number of terminal acetylenes is 1. The van der Waals surface area contributed by atoms with Crippen LogP contribution in [0.5, 0.6) is 5.88 Å². The van der Waals surface area contributed by atoms with Gasteiger partial charge in [-0.25, -0.2) is 0 Å². The van der Waals surface area contributed by atoms with Gasteiger partial charge in [-0.2, -0.15) is 5.26 Å². The van der Waals surface area contributed by atoms with Crippen LogP contribution in [0.1, 0.15) is 5.56 Å². The molecule has 0 spiro atoms. The first kappa shape index (κ1) is 8.23.